The van der Waals surface area contributed by atoms with E-state index in [2.05, 4.69) is 10.4 Å². The summed E-state index contributed by atoms with van der Waals surface area (Å²) >= 11 is 0. The Morgan fingerprint density at radius 1 is 1.59 bits per heavy atom. The van der Waals surface area contributed by atoms with Crippen LogP contribution in [0.15, 0.2) is 16.4 Å². The molecule has 0 fully saturated rings. The zero-order valence-electron chi connectivity index (χ0n) is 9.94. The van der Waals surface area contributed by atoms with Crippen LogP contribution in [0.1, 0.15) is 20.8 Å². The van der Waals surface area contributed by atoms with Gasteiger partial charge in [-0.3, -0.25) is 4.79 Å². The van der Waals surface area contributed by atoms with Gasteiger partial charge in [-0.1, -0.05) is 13.8 Å². The van der Waals surface area contributed by atoms with Crippen LogP contribution in [0.3, 0.4) is 0 Å². The maximum absolute atomic E-state index is 11.6. The molecule has 7 heteroatoms. The van der Waals surface area contributed by atoms with Crippen molar-refractivity contribution in [1.82, 2.24) is 10.7 Å². The first-order valence-corrected chi connectivity index (χ1v) is 5.18. The minimum absolute atomic E-state index is 0.0579. The van der Waals surface area contributed by atoms with Crippen molar-refractivity contribution in [3.05, 3.63) is 11.3 Å². The maximum atomic E-state index is 11.6. The zero-order chi connectivity index (χ0) is 13.2. The third-order valence-corrected chi connectivity index (χ3v) is 2.43. The molecule has 0 spiro atoms. The third-order valence-electron chi connectivity index (χ3n) is 2.43. The Hall–Kier alpha value is -2.05. The molecule has 94 valence electrons. The number of hydrogen-bond donors (Lipinski definition) is 4. The fourth-order valence-electron chi connectivity index (χ4n) is 1.58. The van der Waals surface area contributed by atoms with E-state index in [1.54, 1.807) is 0 Å². The molecular weight excluding hydrogens is 224 g/mol. The van der Waals surface area contributed by atoms with Crippen LogP contribution in [0.5, 0.6) is 0 Å². The molecule has 3 amide bonds. The molecule has 1 aliphatic rings. The van der Waals surface area contributed by atoms with Gasteiger partial charge < -0.3 is 16.2 Å². The van der Waals surface area contributed by atoms with Crippen molar-refractivity contribution in [3.8, 4) is 0 Å². The summed E-state index contributed by atoms with van der Waals surface area (Å²) < 4.78 is 0. The Morgan fingerprint density at radius 2 is 2.18 bits per heavy atom. The highest BCUT2D eigenvalue weighted by atomic mass is 16.3. The van der Waals surface area contributed by atoms with Crippen LogP contribution in [-0.4, -0.2) is 28.8 Å². The normalized spacial score (nSPS) is 20.8. The van der Waals surface area contributed by atoms with E-state index in [0.29, 0.717) is 0 Å². The fraction of sp³-hybridized carbons (Fsp3) is 0.500. The molecule has 0 radical (unpaired) electrons. The van der Waals surface area contributed by atoms with E-state index in [-0.39, 0.29) is 23.0 Å². The molecule has 5 N–H and O–H groups in total. The van der Waals surface area contributed by atoms with E-state index in [1.165, 1.54) is 6.92 Å². The van der Waals surface area contributed by atoms with Gasteiger partial charge in [0.15, 0.2) is 0 Å². The maximum Gasteiger partial charge on any atom is 0.332 e. The van der Waals surface area contributed by atoms with Crippen molar-refractivity contribution in [2.75, 3.05) is 0 Å². The van der Waals surface area contributed by atoms with Crippen molar-refractivity contribution in [2.24, 2.45) is 16.8 Å². The second-order valence-electron chi connectivity index (χ2n) is 4.13. The molecular formula is C10H16N4O3. The standard InChI is InChI=1S/C10H16N4O3/c1-4(2)7-8(15)6(9(16)12-7)5(3)13-14-10(11)17/h4,7,15H,1-3H3,(H,12,16)(H3,11,14,17)/b13-5+/t7-/m0/s1. The molecule has 1 rings (SSSR count). The fourth-order valence-corrected chi connectivity index (χ4v) is 1.58. The number of rotatable bonds is 3. The summed E-state index contributed by atoms with van der Waals surface area (Å²) in [7, 11) is 0. The number of nitrogens with one attached hydrogen (secondary N) is 2. The molecule has 0 bridgehead atoms. The highest BCUT2D eigenvalue weighted by Gasteiger charge is 2.34. The summed E-state index contributed by atoms with van der Waals surface area (Å²) in [6, 6.07) is -1.25. The van der Waals surface area contributed by atoms with Crippen LogP contribution in [-0.2, 0) is 4.79 Å². The van der Waals surface area contributed by atoms with E-state index in [4.69, 9.17) is 5.73 Å². The summed E-state index contributed by atoms with van der Waals surface area (Å²) in [5, 5.41) is 16.1. The van der Waals surface area contributed by atoms with Gasteiger partial charge in [0.25, 0.3) is 5.91 Å². The Balaban J connectivity index is 2.99. The van der Waals surface area contributed by atoms with Crippen LogP contribution in [0.2, 0.25) is 0 Å². The first kappa shape index (κ1) is 13.0. The van der Waals surface area contributed by atoms with Gasteiger partial charge in [-0.05, 0) is 12.8 Å². The summed E-state index contributed by atoms with van der Waals surface area (Å²) in [6.07, 6.45) is 0. The zero-order valence-corrected chi connectivity index (χ0v) is 9.94. The Bertz CT molecular complexity index is 412. The molecule has 1 heterocycles. The number of hydrazone groups is 1. The van der Waals surface area contributed by atoms with Crippen LogP contribution in [0.4, 0.5) is 4.79 Å². The van der Waals surface area contributed by atoms with Gasteiger partial charge in [0, 0.05) is 0 Å². The number of carbonyl (C=O) groups excluding carboxylic acids is 2. The first-order chi connectivity index (χ1) is 7.84. The number of carbonyl (C=O) groups is 2. The predicted octanol–water partition coefficient (Wildman–Crippen LogP) is -0.00290. The SMILES string of the molecule is C/C(=N\NC(N)=O)C1=C(O)[C@H](C(C)C)NC1=O. The molecule has 17 heavy (non-hydrogen) atoms. The molecule has 1 atom stereocenters. The molecule has 0 unspecified atom stereocenters. The highest BCUT2D eigenvalue weighted by molar-refractivity contribution is 6.22. The lowest BCUT2D eigenvalue weighted by molar-refractivity contribution is -0.116. The van der Waals surface area contributed by atoms with Crippen LogP contribution >= 0.6 is 0 Å². The van der Waals surface area contributed by atoms with Crippen molar-refractivity contribution < 1.29 is 14.7 Å². The molecule has 0 aliphatic carbocycles. The average Bonchev–Trinajstić information content (AvgIpc) is 2.51. The minimum atomic E-state index is -0.830. The third kappa shape index (κ3) is 2.74. The Labute approximate surface area is 98.8 Å². The van der Waals surface area contributed by atoms with Gasteiger partial charge in [-0.2, -0.15) is 5.10 Å². The molecule has 1 aliphatic heterocycles. The molecule has 7 nitrogen and oxygen atoms in total. The highest BCUT2D eigenvalue weighted by Crippen LogP contribution is 2.21. The number of aliphatic hydroxyl groups excluding tert-OH is 1. The summed E-state index contributed by atoms with van der Waals surface area (Å²) in [4.78, 5) is 22.1. The largest absolute Gasteiger partial charge is 0.509 e. The smallest absolute Gasteiger partial charge is 0.332 e. The Morgan fingerprint density at radius 3 is 2.59 bits per heavy atom. The second kappa shape index (κ2) is 4.86. The lowest BCUT2D eigenvalue weighted by Crippen LogP contribution is -2.33. The number of nitrogens with two attached hydrogens (primary N) is 1. The summed E-state index contributed by atoms with van der Waals surface area (Å²) in [5.74, 6) is -0.403. The van der Waals surface area contributed by atoms with Crippen molar-refractivity contribution >= 4 is 17.6 Å². The molecule has 0 aromatic heterocycles. The summed E-state index contributed by atoms with van der Waals surface area (Å²) in [5.41, 5.74) is 7.15. The van der Waals surface area contributed by atoms with Gasteiger partial charge in [-0.15, -0.1) is 0 Å². The lowest BCUT2D eigenvalue weighted by atomic mass is 10.0. The summed E-state index contributed by atoms with van der Waals surface area (Å²) in [6.45, 7) is 5.25. The molecule has 0 aromatic carbocycles. The topological polar surface area (TPSA) is 117 Å². The quantitative estimate of drug-likeness (QED) is 0.410. The number of primary amides is 1. The van der Waals surface area contributed by atoms with Gasteiger partial charge in [0.05, 0.1) is 11.8 Å². The number of urea groups is 1. The van der Waals surface area contributed by atoms with Gasteiger partial charge in [0.2, 0.25) is 0 Å². The molecule has 0 aromatic rings. The van der Waals surface area contributed by atoms with E-state index < -0.39 is 18.0 Å². The number of nitrogens with zero attached hydrogens (tertiary/aromatic N) is 1. The van der Waals surface area contributed by atoms with Crippen molar-refractivity contribution in [1.29, 1.82) is 0 Å². The second-order valence-corrected chi connectivity index (χ2v) is 4.13. The number of aliphatic hydroxyl groups is 1. The van der Waals surface area contributed by atoms with Gasteiger partial charge in [0.1, 0.15) is 11.3 Å². The van der Waals surface area contributed by atoms with Crippen molar-refractivity contribution in [3.63, 3.8) is 0 Å². The predicted molar refractivity (Wildman–Crippen MR) is 62.3 cm³/mol. The van der Waals surface area contributed by atoms with E-state index in [9.17, 15) is 14.7 Å². The van der Waals surface area contributed by atoms with E-state index in [0.717, 1.165) is 0 Å². The average molecular weight is 240 g/mol. The first-order valence-electron chi connectivity index (χ1n) is 5.18. The minimum Gasteiger partial charge on any atom is -0.509 e. The van der Waals surface area contributed by atoms with E-state index in [1.807, 2.05) is 19.3 Å². The lowest BCUT2D eigenvalue weighted by Gasteiger charge is -2.14. The van der Waals surface area contributed by atoms with E-state index >= 15 is 0 Å². The number of hydrogen-bond acceptors (Lipinski definition) is 4. The van der Waals surface area contributed by atoms with Gasteiger partial charge in [-0.25, -0.2) is 10.2 Å². The van der Waals surface area contributed by atoms with Gasteiger partial charge >= 0.3 is 6.03 Å². The molecule has 0 saturated carbocycles. The molecule has 0 saturated heterocycles. The van der Waals surface area contributed by atoms with Crippen LogP contribution in [0, 0.1) is 5.92 Å². The Kier molecular flexibility index (Phi) is 3.72. The van der Waals surface area contributed by atoms with Crippen LogP contribution < -0.4 is 16.5 Å². The van der Waals surface area contributed by atoms with Crippen LogP contribution in [0.25, 0.3) is 0 Å². The van der Waals surface area contributed by atoms with Crippen molar-refractivity contribution in [2.45, 2.75) is 26.8 Å². The number of amides is 3. The monoisotopic (exact) mass is 240 g/mol.